The molecule has 3 heterocycles. The molecule has 3 aromatic heterocycles. The maximum Gasteiger partial charge on any atom is 0.129 e. The molecule has 1 aliphatic carbocycles. The number of fused-ring (bicyclic) bond motifs is 3. The van der Waals surface area contributed by atoms with E-state index in [4.69, 9.17) is 22.2 Å². The van der Waals surface area contributed by atoms with E-state index in [-0.39, 0.29) is 42.4 Å². The molecule has 1 radical (unpaired) electrons. The van der Waals surface area contributed by atoms with Crippen LogP contribution < -0.4 is 0 Å². The Morgan fingerprint density at radius 1 is 0.679 bits per heavy atom. The van der Waals surface area contributed by atoms with Gasteiger partial charge in [0.2, 0.25) is 0 Å². The maximum absolute atomic E-state index is 9.13. The van der Waals surface area contributed by atoms with E-state index in [1.165, 1.54) is 42.7 Å². The molecule has 283 valence electrons. The van der Waals surface area contributed by atoms with Crippen LogP contribution in [0.1, 0.15) is 91.1 Å². The van der Waals surface area contributed by atoms with Gasteiger partial charge < -0.3 is 14.4 Å². The molecule has 1 aliphatic rings. The molecule has 0 aliphatic heterocycles. The number of nitrogens with zero attached hydrogens (tertiary/aromatic N) is 2. The van der Waals surface area contributed by atoms with Crippen LogP contribution in [0.4, 0.5) is 0 Å². The van der Waals surface area contributed by atoms with E-state index in [0.29, 0.717) is 50.2 Å². The molecule has 0 saturated heterocycles. The van der Waals surface area contributed by atoms with Crippen LogP contribution in [0.2, 0.25) is 0 Å². The van der Waals surface area contributed by atoms with Gasteiger partial charge in [0.25, 0.3) is 0 Å². The number of hydrogen-bond acceptors (Lipinski definition) is 3. The molecule has 56 heavy (non-hydrogen) atoms. The van der Waals surface area contributed by atoms with Gasteiger partial charge in [0.1, 0.15) is 5.58 Å². The standard InChI is InChI=1S/C39H36NO.C13H12N.Ir/c1-25-20-23-40-35(24-25)34-7-5-6-32-33-17-8-26(2)36(38(33)41-37(32)34)31-15-13-28(14-16-31)27-9-11-29(12-10-27)30-18-21-39(3,4)22-19-30;1-10-3-6-12(7-4-10)13-8-5-11(2)9-14-13;/h5-6,8-17,20,23-24,30H,18-19,21-22H2,1-4H3;3-6,8-9H,1-2H3;/q2*-1;/i1D3,2D3,30D;1D3,2D3;. The van der Waals surface area contributed by atoms with Crippen LogP contribution >= 0.6 is 0 Å². The van der Waals surface area contributed by atoms with E-state index >= 15 is 0 Å². The largest absolute Gasteiger partial charge is 0.500 e. The molecule has 9 rings (SSSR count). The Balaban J connectivity index is 0.000000281. The van der Waals surface area contributed by atoms with Crippen molar-refractivity contribution < 1.29 is 42.3 Å². The normalized spacial score (nSPS) is 18.8. The summed E-state index contributed by atoms with van der Waals surface area (Å²) in [6.07, 6.45) is 6.57. The molecule has 0 N–H and O–H groups in total. The number of aryl methyl sites for hydroxylation is 4. The smallest absolute Gasteiger partial charge is 0.129 e. The van der Waals surface area contributed by atoms with E-state index in [9.17, 15) is 0 Å². The topological polar surface area (TPSA) is 38.9 Å². The summed E-state index contributed by atoms with van der Waals surface area (Å²) >= 11 is 0. The molecule has 0 atom stereocenters. The molecule has 1 saturated carbocycles. The van der Waals surface area contributed by atoms with Crippen molar-refractivity contribution in [3.8, 4) is 44.8 Å². The zero-order chi connectivity index (χ0) is 49.0. The van der Waals surface area contributed by atoms with E-state index in [1.54, 1.807) is 30.3 Å². The fourth-order valence-corrected chi connectivity index (χ4v) is 7.23. The first-order valence-electron chi connectivity index (χ1n) is 24.9. The second kappa shape index (κ2) is 16.5. The van der Waals surface area contributed by atoms with Gasteiger partial charge in [-0.2, -0.15) is 0 Å². The van der Waals surface area contributed by atoms with Gasteiger partial charge in [0.15, 0.2) is 0 Å². The van der Waals surface area contributed by atoms with Crippen LogP contribution in [-0.2, 0) is 20.1 Å². The number of benzene rings is 5. The molecule has 3 nitrogen and oxygen atoms in total. The molecule has 5 aromatic carbocycles. The number of furan rings is 1. The number of aromatic nitrogens is 2. The quantitative estimate of drug-likeness (QED) is 0.161. The van der Waals surface area contributed by atoms with E-state index < -0.39 is 33.3 Å². The zero-order valence-corrected chi connectivity index (χ0v) is 33.5. The fourth-order valence-electron chi connectivity index (χ4n) is 7.23. The van der Waals surface area contributed by atoms with Crippen molar-refractivity contribution in [1.82, 2.24) is 9.97 Å². The van der Waals surface area contributed by atoms with Gasteiger partial charge in [-0.25, -0.2) is 0 Å². The second-order valence-corrected chi connectivity index (χ2v) is 14.8. The van der Waals surface area contributed by atoms with Crippen molar-refractivity contribution in [2.75, 3.05) is 0 Å². The first-order valence-corrected chi connectivity index (χ1v) is 18.4. The Hall–Kier alpha value is -5.15. The van der Waals surface area contributed by atoms with Crippen LogP contribution in [0.15, 0.2) is 132 Å². The summed E-state index contributed by atoms with van der Waals surface area (Å²) in [4.78, 5) is 8.49. The van der Waals surface area contributed by atoms with Crippen LogP contribution in [0.25, 0.3) is 66.7 Å². The van der Waals surface area contributed by atoms with Crippen molar-refractivity contribution in [2.45, 2.75) is 72.8 Å². The summed E-state index contributed by atoms with van der Waals surface area (Å²) in [5.74, 6) is -0.555. The first-order chi connectivity index (χ1) is 31.8. The zero-order valence-electron chi connectivity index (χ0n) is 44.1. The van der Waals surface area contributed by atoms with Crippen LogP contribution in [0.3, 0.4) is 0 Å². The Morgan fingerprint density at radius 2 is 1.39 bits per heavy atom. The molecule has 4 heteroatoms. The van der Waals surface area contributed by atoms with Gasteiger partial charge in [0, 0.05) is 61.3 Å². The SMILES string of the molecule is [2H]C([2H])([2H])c1c[c-]c(-c2ccc(C([2H])([2H])[2H])cn2)cc1.[2H]C([2H])([2H])c1ccnc(-c2[c-]ccc3c2oc2c(-c4ccc(-c5ccc(C6([2H])CCC(C)(C)CC6)cc5)cc4)c(C([2H])([2H])[2H])ccc23)c1.[Ir]. The minimum atomic E-state index is -2.40. The summed E-state index contributed by atoms with van der Waals surface area (Å²) in [6.45, 7) is -4.47. The third kappa shape index (κ3) is 8.33. The second-order valence-electron chi connectivity index (χ2n) is 14.8. The third-order valence-electron chi connectivity index (χ3n) is 10.5. The molecule has 0 unspecified atom stereocenters. The van der Waals surface area contributed by atoms with Gasteiger partial charge in [0.05, 0.1) is 5.58 Å². The van der Waals surface area contributed by atoms with Crippen molar-refractivity contribution in [3.63, 3.8) is 0 Å². The molecular formula is C52H48IrN2O-2. The summed E-state index contributed by atoms with van der Waals surface area (Å²) < 4.78 is 108. The fraction of sp³-hybridized carbons (Fsp3) is 0.231. The minimum Gasteiger partial charge on any atom is -0.500 e. The van der Waals surface area contributed by atoms with Gasteiger partial charge in [-0.1, -0.05) is 116 Å². The van der Waals surface area contributed by atoms with Crippen LogP contribution in [0, 0.1) is 45.0 Å². The van der Waals surface area contributed by atoms with Crippen LogP contribution in [0.5, 0.6) is 0 Å². The van der Waals surface area contributed by atoms with E-state index in [1.807, 2.05) is 30.3 Å². The molecule has 0 bridgehead atoms. The Kier molecular flexibility index (Phi) is 7.64. The first kappa shape index (κ1) is 25.9. The van der Waals surface area contributed by atoms with Crippen LogP contribution in [-0.4, -0.2) is 9.97 Å². The van der Waals surface area contributed by atoms with Gasteiger partial charge >= 0.3 is 0 Å². The van der Waals surface area contributed by atoms with Gasteiger partial charge in [-0.05, 0) is 108 Å². The number of pyridine rings is 2. The van der Waals surface area contributed by atoms with Crippen molar-refractivity contribution in [2.24, 2.45) is 5.41 Å². The van der Waals surface area contributed by atoms with E-state index in [0.717, 1.165) is 53.1 Å². The predicted molar refractivity (Wildman–Crippen MR) is 229 cm³/mol. The molecular weight excluding hydrogens is 861 g/mol. The van der Waals surface area contributed by atoms with Crippen molar-refractivity contribution in [3.05, 3.63) is 168 Å². The average molecular weight is 922 g/mol. The Morgan fingerprint density at radius 3 is 2.07 bits per heavy atom. The van der Waals surface area contributed by atoms with Gasteiger partial charge in [-0.3, -0.25) is 0 Å². The van der Waals surface area contributed by atoms with E-state index in [2.05, 4.69) is 60.2 Å². The van der Waals surface area contributed by atoms with Crippen molar-refractivity contribution >= 4 is 21.9 Å². The molecule has 0 amide bonds. The summed E-state index contributed by atoms with van der Waals surface area (Å²) in [7, 11) is 0. The van der Waals surface area contributed by atoms with Crippen molar-refractivity contribution in [1.29, 1.82) is 0 Å². The molecule has 1 fully saturated rings. The number of rotatable bonds is 5. The Bertz CT molecular complexity index is 3010. The average Bonchev–Trinajstić information content (AvgIpc) is 3.68. The summed E-state index contributed by atoms with van der Waals surface area (Å²) in [6, 6.07) is 39.7. The Labute approximate surface area is 363 Å². The molecule has 8 aromatic rings. The number of hydrogen-bond donors (Lipinski definition) is 0. The summed E-state index contributed by atoms with van der Waals surface area (Å²) in [5.41, 5.74) is 8.22. The van der Waals surface area contributed by atoms with Gasteiger partial charge in [-0.15, -0.1) is 53.6 Å². The molecule has 0 spiro atoms. The third-order valence-corrected chi connectivity index (χ3v) is 10.5. The summed E-state index contributed by atoms with van der Waals surface area (Å²) in [5, 5.41) is 1.49. The maximum atomic E-state index is 9.13. The predicted octanol–water partition coefficient (Wildman–Crippen LogP) is 14.2. The minimum absolute atomic E-state index is 0. The monoisotopic (exact) mass is 922 g/mol.